The number of benzene rings is 1. The maximum atomic E-state index is 6.06. The highest BCUT2D eigenvalue weighted by molar-refractivity contribution is 5.79. The smallest absolute Gasteiger partial charge is 0.159 e. The zero-order chi connectivity index (χ0) is 14.5. The second kappa shape index (κ2) is 6.10. The Morgan fingerprint density at radius 3 is 2.70 bits per heavy atom. The Hall–Kier alpha value is -2.50. The average Bonchev–Trinajstić information content (AvgIpc) is 2.44. The number of anilines is 4. The van der Waals surface area contributed by atoms with E-state index in [1.54, 1.807) is 7.11 Å². The van der Waals surface area contributed by atoms with Crippen LogP contribution in [0.25, 0.3) is 0 Å². The van der Waals surface area contributed by atoms with Crippen LogP contribution in [-0.2, 0) is 0 Å². The molecule has 0 spiro atoms. The van der Waals surface area contributed by atoms with Gasteiger partial charge < -0.3 is 21.1 Å². The van der Waals surface area contributed by atoms with Crippen molar-refractivity contribution in [2.24, 2.45) is 0 Å². The molecule has 0 aliphatic carbocycles. The molecule has 1 heterocycles. The minimum atomic E-state index is 0.484. The zero-order valence-electron chi connectivity index (χ0n) is 11.9. The van der Waals surface area contributed by atoms with Crippen molar-refractivity contribution in [2.45, 2.75) is 13.8 Å². The molecule has 0 saturated heterocycles. The van der Waals surface area contributed by atoms with Gasteiger partial charge in [-0.15, -0.1) is 0 Å². The number of aryl methyl sites for hydroxylation is 1. The average molecular weight is 273 g/mol. The number of rotatable bonds is 5. The topological polar surface area (TPSA) is 85.1 Å². The third-order valence-electron chi connectivity index (χ3n) is 2.84. The minimum absolute atomic E-state index is 0.484. The van der Waals surface area contributed by atoms with E-state index in [1.807, 2.05) is 32.0 Å². The maximum Gasteiger partial charge on any atom is 0.159 e. The summed E-state index contributed by atoms with van der Waals surface area (Å²) in [7, 11) is 1.63. The van der Waals surface area contributed by atoms with Crippen molar-refractivity contribution in [1.29, 1.82) is 0 Å². The maximum absolute atomic E-state index is 6.06. The van der Waals surface area contributed by atoms with Gasteiger partial charge in [-0.25, -0.2) is 9.97 Å². The van der Waals surface area contributed by atoms with E-state index in [9.17, 15) is 0 Å². The Kier molecular flexibility index (Phi) is 4.24. The number of ether oxygens (including phenoxy) is 1. The van der Waals surface area contributed by atoms with Crippen LogP contribution in [-0.4, -0.2) is 23.6 Å². The first-order valence-electron chi connectivity index (χ1n) is 6.41. The highest BCUT2D eigenvalue weighted by Crippen LogP contribution is 2.31. The summed E-state index contributed by atoms with van der Waals surface area (Å²) in [6.07, 6.45) is 1.47. The number of nitrogens with one attached hydrogen (secondary N) is 2. The molecule has 0 aliphatic rings. The SMILES string of the molecule is CCNc1ncnc(Nc2cc(C)ccc2OC)c1N. The standard InChI is InChI=1S/C14H19N5O/c1-4-16-13-12(15)14(18-8-17-13)19-10-7-9(2)5-6-11(10)20-3/h5-8H,4,15H2,1-3H3,(H2,16,17,18,19). The lowest BCUT2D eigenvalue weighted by Gasteiger charge is -2.14. The number of hydrogen-bond acceptors (Lipinski definition) is 6. The fourth-order valence-electron chi connectivity index (χ4n) is 1.85. The molecule has 20 heavy (non-hydrogen) atoms. The molecule has 0 amide bonds. The van der Waals surface area contributed by atoms with Crippen molar-refractivity contribution in [3.8, 4) is 5.75 Å². The second-order valence-corrected chi connectivity index (χ2v) is 4.34. The van der Waals surface area contributed by atoms with E-state index < -0.39 is 0 Å². The highest BCUT2D eigenvalue weighted by Gasteiger charge is 2.10. The summed E-state index contributed by atoms with van der Waals surface area (Å²) >= 11 is 0. The molecule has 4 N–H and O–H groups in total. The van der Waals surface area contributed by atoms with Crippen LogP contribution in [0.1, 0.15) is 12.5 Å². The van der Waals surface area contributed by atoms with Gasteiger partial charge in [-0.1, -0.05) is 6.07 Å². The van der Waals surface area contributed by atoms with E-state index in [-0.39, 0.29) is 0 Å². The Bertz CT molecular complexity index is 600. The van der Waals surface area contributed by atoms with Crippen LogP contribution < -0.4 is 21.1 Å². The molecule has 6 nitrogen and oxygen atoms in total. The third-order valence-corrected chi connectivity index (χ3v) is 2.84. The number of hydrogen-bond donors (Lipinski definition) is 3. The van der Waals surface area contributed by atoms with E-state index in [2.05, 4.69) is 20.6 Å². The first kappa shape index (κ1) is 13.9. The molecule has 0 unspecified atom stereocenters. The summed E-state index contributed by atoms with van der Waals surface area (Å²) in [4.78, 5) is 8.29. The van der Waals surface area contributed by atoms with Gasteiger partial charge in [0.05, 0.1) is 12.8 Å². The lowest BCUT2D eigenvalue weighted by atomic mass is 10.2. The van der Waals surface area contributed by atoms with Gasteiger partial charge in [0.1, 0.15) is 17.8 Å². The predicted molar refractivity (Wildman–Crippen MR) is 81.6 cm³/mol. The lowest BCUT2D eigenvalue weighted by Crippen LogP contribution is -2.07. The Morgan fingerprint density at radius 2 is 2.00 bits per heavy atom. The number of nitrogens with zero attached hydrogens (tertiary/aromatic N) is 2. The number of nitrogen functional groups attached to an aromatic ring is 1. The van der Waals surface area contributed by atoms with Crippen molar-refractivity contribution in [3.05, 3.63) is 30.1 Å². The van der Waals surface area contributed by atoms with Crippen LogP contribution in [0, 0.1) is 6.92 Å². The highest BCUT2D eigenvalue weighted by atomic mass is 16.5. The Morgan fingerprint density at radius 1 is 1.25 bits per heavy atom. The van der Waals surface area contributed by atoms with Gasteiger partial charge in [-0.3, -0.25) is 0 Å². The Balaban J connectivity index is 2.35. The zero-order valence-corrected chi connectivity index (χ0v) is 11.9. The molecule has 2 aromatic rings. The van der Waals surface area contributed by atoms with Gasteiger partial charge in [-0.05, 0) is 31.5 Å². The van der Waals surface area contributed by atoms with Crippen molar-refractivity contribution in [1.82, 2.24) is 9.97 Å². The fraction of sp³-hybridized carbons (Fsp3) is 0.286. The van der Waals surface area contributed by atoms with Crippen molar-refractivity contribution in [2.75, 3.05) is 30.0 Å². The normalized spacial score (nSPS) is 10.2. The van der Waals surface area contributed by atoms with Crippen LogP contribution in [0.5, 0.6) is 5.75 Å². The van der Waals surface area contributed by atoms with Crippen molar-refractivity contribution < 1.29 is 4.74 Å². The summed E-state index contributed by atoms with van der Waals surface area (Å²) in [5.74, 6) is 1.91. The largest absolute Gasteiger partial charge is 0.495 e. The Labute approximate surface area is 118 Å². The summed E-state index contributed by atoms with van der Waals surface area (Å²) in [6.45, 7) is 4.74. The van der Waals surface area contributed by atoms with Gasteiger partial charge in [-0.2, -0.15) is 0 Å². The molecular formula is C14H19N5O. The first-order valence-corrected chi connectivity index (χ1v) is 6.41. The summed E-state index contributed by atoms with van der Waals surface area (Å²) in [5.41, 5.74) is 8.48. The third kappa shape index (κ3) is 2.90. The van der Waals surface area contributed by atoms with Crippen LogP contribution in [0.15, 0.2) is 24.5 Å². The predicted octanol–water partition coefficient (Wildman–Crippen LogP) is 2.55. The molecule has 2 rings (SSSR count). The summed E-state index contributed by atoms with van der Waals surface area (Å²) < 4.78 is 5.33. The van der Waals surface area contributed by atoms with E-state index in [0.717, 1.165) is 23.5 Å². The van der Waals surface area contributed by atoms with Gasteiger partial charge in [0, 0.05) is 6.54 Å². The van der Waals surface area contributed by atoms with Crippen LogP contribution in [0.3, 0.4) is 0 Å². The molecule has 1 aromatic carbocycles. The van der Waals surface area contributed by atoms with E-state index in [4.69, 9.17) is 10.5 Å². The minimum Gasteiger partial charge on any atom is -0.495 e. The molecule has 1 aromatic heterocycles. The van der Waals surface area contributed by atoms with Gasteiger partial charge in [0.25, 0.3) is 0 Å². The molecule has 0 bridgehead atoms. The molecule has 6 heteroatoms. The molecule has 0 radical (unpaired) electrons. The molecular weight excluding hydrogens is 254 g/mol. The van der Waals surface area contributed by atoms with Crippen LogP contribution in [0.2, 0.25) is 0 Å². The number of aromatic nitrogens is 2. The van der Waals surface area contributed by atoms with Gasteiger partial charge >= 0.3 is 0 Å². The molecule has 0 aliphatic heterocycles. The van der Waals surface area contributed by atoms with E-state index >= 15 is 0 Å². The van der Waals surface area contributed by atoms with E-state index in [0.29, 0.717) is 17.3 Å². The summed E-state index contributed by atoms with van der Waals surface area (Å²) in [6, 6.07) is 5.87. The lowest BCUT2D eigenvalue weighted by molar-refractivity contribution is 0.416. The molecule has 0 saturated carbocycles. The van der Waals surface area contributed by atoms with Crippen molar-refractivity contribution >= 4 is 23.0 Å². The van der Waals surface area contributed by atoms with Gasteiger partial charge in [0.2, 0.25) is 0 Å². The molecule has 106 valence electrons. The number of nitrogens with two attached hydrogens (primary N) is 1. The van der Waals surface area contributed by atoms with E-state index in [1.165, 1.54) is 6.33 Å². The monoisotopic (exact) mass is 273 g/mol. The quantitative estimate of drug-likeness (QED) is 0.776. The molecule has 0 fully saturated rings. The number of methoxy groups -OCH3 is 1. The summed E-state index contributed by atoms with van der Waals surface area (Å²) in [5, 5.41) is 6.28. The van der Waals surface area contributed by atoms with Crippen LogP contribution in [0.4, 0.5) is 23.0 Å². The van der Waals surface area contributed by atoms with Crippen LogP contribution >= 0.6 is 0 Å². The first-order chi connectivity index (χ1) is 9.65. The molecule has 0 atom stereocenters. The second-order valence-electron chi connectivity index (χ2n) is 4.34. The fourth-order valence-corrected chi connectivity index (χ4v) is 1.85. The van der Waals surface area contributed by atoms with Crippen molar-refractivity contribution in [3.63, 3.8) is 0 Å². The van der Waals surface area contributed by atoms with Gasteiger partial charge in [0.15, 0.2) is 11.6 Å².